The first-order valence-electron chi connectivity index (χ1n) is 5.98. The third kappa shape index (κ3) is 3.83. The summed E-state index contributed by atoms with van der Waals surface area (Å²) in [7, 11) is 0. The van der Waals surface area contributed by atoms with Crippen molar-refractivity contribution in [3.63, 3.8) is 0 Å². The molecular weight excluding hydrogens is 251 g/mol. The van der Waals surface area contributed by atoms with E-state index in [1.165, 1.54) is 24.3 Å². The van der Waals surface area contributed by atoms with Crippen LogP contribution in [0.5, 0.6) is 0 Å². The molecular formula is C15H14F3N. The Balaban J connectivity index is 2.00. The molecule has 2 aromatic carbocycles. The summed E-state index contributed by atoms with van der Waals surface area (Å²) < 4.78 is 38.9. The van der Waals surface area contributed by atoms with Gasteiger partial charge in [-0.2, -0.15) is 0 Å². The predicted molar refractivity (Wildman–Crippen MR) is 68.0 cm³/mol. The molecule has 100 valence electrons. The molecule has 1 nitrogen and oxygen atoms in total. The van der Waals surface area contributed by atoms with Gasteiger partial charge in [-0.15, -0.1) is 0 Å². The Labute approximate surface area is 110 Å². The van der Waals surface area contributed by atoms with Crippen LogP contribution in [0.15, 0.2) is 42.5 Å². The lowest BCUT2D eigenvalue weighted by Gasteiger charge is -2.14. The SMILES string of the molecule is CC(NCc1ccc(F)cc1)c1cc(F)cc(F)c1. The Bertz CT molecular complexity index is 532. The van der Waals surface area contributed by atoms with E-state index >= 15 is 0 Å². The van der Waals surface area contributed by atoms with E-state index in [1.807, 2.05) is 6.92 Å². The van der Waals surface area contributed by atoms with E-state index in [9.17, 15) is 13.2 Å². The zero-order valence-corrected chi connectivity index (χ0v) is 10.5. The molecule has 0 bridgehead atoms. The molecule has 0 aliphatic rings. The van der Waals surface area contributed by atoms with Crippen LogP contribution in [-0.4, -0.2) is 0 Å². The Morgan fingerprint density at radius 3 is 2.05 bits per heavy atom. The van der Waals surface area contributed by atoms with E-state index < -0.39 is 11.6 Å². The van der Waals surface area contributed by atoms with Gasteiger partial charge in [-0.1, -0.05) is 12.1 Å². The third-order valence-corrected chi connectivity index (χ3v) is 2.91. The minimum atomic E-state index is -0.592. The van der Waals surface area contributed by atoms with Crippen molar-refractivity contribution in [2.24, 2.45) is 0 Å². The Hall–Kier alpha value is -1.81. The van der Waals surface area contributed by atoms with Crippen molar-refractivity contribution >= 4 is 0 Å². The minimum Gasteiger partial charge on any atom is -0.306 e. The maximum Gasteiger partial charge on any atom is 0.126 e. The molecule has 19 heavy (non-hydrogen) atoms. The average Bonchev–Trinajstić information content (AvgIpc) is 2.36. The first kappa shape index (κ1) is 13.6. The van der Waals surface area contributed by atoms with E-state index in [1.54, 1.807) is 12.1 Å². The quantitative estimate of drug-likeness (QED) is 0.882. The molecule has 0 saturated carbocycles. The van der Waals surface area contributed by atoms with Crippen LogP contribution in [0.2, 0.25) is 0 Å². The fourth-order valence-electron chi connectivity index (χ4n) is 1.82. The second kappa shape index (κ2) is 5.89. The first-order chi connectivity index (χ1) is 9.04. The smallest absolute Gasteiger partial charge is 0.126 e. The van der Waals surface area contributed by atoms with Gasteiger partial charge in [0.25, 0.3) is 0 Å². The number of rotatable bonds is 4. The number of halogens is 3. The summed E-state index contributed by atoms with van der Waals surface area (Å²) in [5.74, 6) is -1.47. The lowest BCUT2D eigenvalue weighted by molar-refractivity contribution is 0.545. The number of benzene rings is 2. The normalized spacial score (nSPS) is 12.4. The van der Waals surface area contributed by atoms with Crippen LogP contribution in [0.4, 0.5) is 13.2 Å². The van der Waals surface area contributed by atoms with Gasteiger partial charge in [0.15, 0.2) is 0 Å². The van der Waals surface area contributed by atoms with Gasteiger partial charge in [0.1, 0.15) is 17.5 Å². The summed E-state index contributed by atoms with van der Waals surface area (Å²) >= 11 is 0. The van der Waals surface area contributed by atoms with Gasteiger partial charge in [-0.3, -0.25) is 0 Å². The zero-order chi connectivity index (χ0) is 13.8. The van der Waals surface area contributed by atoms with E-state index in [4.69, 9.17) is 0 Å². The lowest BCUT2D eigenvalue weighted by atomic mass is 10.1. The highest BCUT2D eigenvalue weighted by Crippen LogP contribution is 2.16. The molecule has 0 spiro atoms. The van der Waals surface area contributed by atoms with E-state index in [0.29, 0.717) is 12.1 Å². The van der Waals surface area contributed by atoms with Crippen molar-refractivity contribution < 1.29 is 13.2 Å². The van der Waals surface area contributed by atoms with Crippen LogP contribution < -0.4 is 5.32 Å². The van der Waals surface area contributed by atoms with Gasteiger partial charge >= 0.3 is 0 Å². The van der Waals surface area contributed by atoms with Gasteiger partial charge < -0.3 is 5.32 Å². The van der Waals surface area contributed by atoms with Gasteiger partial charge in [0.05, 0.1) is 0 Å². The topological polar surface area (TPSA) is 12.0 Å². The average molecular weight is 265 g/mol. The van der Waals surface area contributed by atoms with Gasteiger partial charge in [-0.05, 0) is 42.3 Å². The van der Waals surface area contributed by atoms with Crippen LogP contribution in [0.25, 0.3) is 0 Å². The highest BCUT2D eigenvalue weighted by Gasteiger charge is 2.08. The summed E-state index contributed by atoms with van der Waals surface area (Å²) in [5.41, 5.74) is 1.45. The molecule has 0 heterocycles. The molecule has 1 N–H and O–H groups in total. The van der Waals surface area contributed by atoms with Crippen LogP contribution in [0.3, 0.4) is 0 Å². The van der Waals surface area contributed by atoms with E-state index in [2.05, 4.69) is 5.32 Å². The van der Waals surface area contributed by atoms with Crippen molar-refractivity contribution in [2.75, 3.05) is 0 Å². The summed E-state index contributed by atoms with van der Waals surface area (Å²) in [6, 6.07) is 9.33. The summed E-state index contributed by atoms with van der Waals surface area (Å²) in [4.78, 5) is 0. The van der Waals surface area contributed by atoms with Crippen molar-refractivity contribution in [1.82, 2.24) is 5.32 Å². The van der Waals surface area contributed by atoms with Crippen LogP contribution in [0, 0.1) is 17.5 Å². The summed E-state index contributed by atoms with van der Waals surface area (Å²) in [5, 5.41) is 3.13. The van der Waals surface area contributed by atoms with E-state index in [-0.39, 0.29) is 11.9 Å². The highest BCUT2D eigenvalue weighted by molar-refractivity contribution is 5.21. The van der Waals surface area contributed by atoms with Crippen molar-refractivity contribution in [2.45, 2.75) is 19.5 Å². The molecule has 1 unspecified atom stereocenters. The largest absolute Gasteiger partial charge is 0.306 e. The van der Waals surface area contributed by atoms with Crippen LogP contribution >= 0.6 is 0 Å². The second-order valence-electron chi connectivity index (χ2n) is 4.43. The molecule has 0 aliphatic carbocycles. The number of hydrogen-bond donors (Lipinski definition) is 1. The van der Waals surface area contributed by atoms with Gasteiger partial charge in [0.2, 0.25) is 0 Å². The molecule has 2 aromatic rings. The fraction of sp³-hybridized carbons (Fsp3) is 0.200. The molecule has 4 heteroatoms. The Morgan fingerprint density at radius 2 is 1.47 bits per heavy atom. The fourth-order valence-corrected chi connectivity index (χ4v) is 1.82. The zero-order valence-electron chi connectivity index (χ0n) is 10.5. The van der Waals surface area contributed by atoms with Crippen molar-refractivity contribution in [3.05, 3.63) is 71.0 Å². The Kier molecular flexibility index (Phi) is 4.22. The monoisotopic (exact) mass is 265 g/mol. The molecule has 0 amide bonds. The second-order valence-corrected chi connectivity index (χ2v) is 4.43. The molecule has 0 radical (unpaired) electrons. The lowest BCUT2D eigenvalue weighted by Crippen LogP contribution is -2.18. The molecule has 2 rings (SSSR count). The molecule has 0 aliphatic heterocycles. The molecule has 0 fully saturated rings. The molecule has 0 saturated heterocycles. The van der Waals surface area contributed by atoms with Crippen LogP contribution in [0.1, 0.15) is 24.1 Å². The van der Waals surface area contributed by atoms with Crippen molar-refractivity contribution in [1.29, 1.82) is 0 Å². The van der Waals surface area contributed by atoms with Gasteiger partial charge in [0, 0.05) is 18.7 Å². The predicted octanol–water partition coefficient (Wildman–Crippen LogP) is 3.95. The van der Waals surface area contributed by atoms with Crippen LogP contribution in [-0.2, 0) is 6.54 Å². The standard InChI is InChI=1S/C15H14F3N/c1-10(12-6-14(17)8-15(18)7-12)19-9-11-2-4-13(16)5-3-11/h2-8,10,19H,9H2,1H3. The third-order valence-electron chi connectivity index (χ3n) is 2.91. The van der Waals surface area contributed by atoms with E-state index in [0.717, 1.165) is 11.6 Å². The molecule has 1 atom stereocenters. The summed E-state index contributed by atoms with van der Waals surface area (Å²) in [6.07, 6.45) is 0. The van der Waals surface area contributed by atoms with Crippen molar-refractivity contribution in [3.8, 4) is 0 Å². The van der Waals surface area contributed by atoms with Gasteiger partial charge in [-0.25, -0.2) is 13.2 Å². The maximum absolute atomic E-state index is 13.1. The number of nitrogens with one attached hydrogen (secondary N) is 1. The highest BCUT2D eigenvalue weighted by atomic mass is 19.1. The minimum absolute atomic E-state index is 0.199. The molecule has 0 aromatic heterocycles. The first-order valence-corrected chi connectivity index (χ1v) is 5.98. The number of hydrogen-bond acceptors (Lipinski definition) is 1. The Morgan fingerprint density at radius 1 is 0.895 bits per heavy atom. The summed E-state index contributed by atoms with van der Waals surface area (Å²) in [6.45, 7) is 2.32. The maximum atomic E-state index is 13.1.